The van der Waals surface area contributed by atoms with Gasteiger partial charge in [0.2, 0.25) is 0 Å². The van der Waals surface area contributed by atoms with E-state index < -0.39 is 11.7 Å². The van der Waals surface area contributed by atoms with Gasteiger partial charge in [-0.2, -0.15) is 13.2 Å². The largest absolute Gasteiger partial charge is 0.416 e. The van der Waals surface area contributed by atoms with E-state index >= 15 is 0 Å². The first-order valence-corrected chi connectivity index (χ1v) is 8.87. The molecule has 3 unspecified atom stereocenters. The molecule has 1 aromatic rings. The van der Waals surface area contributed by atoms with Crippen LogP contribution in [-0.4, -0.2) is 31.2 Å². The fourth-order valence-electron chi connectivity index (χ4n) is 3.88. The standard InChI is InChI=1S/C18H26F3N3/c19-18(20,21)13-7-9-15(10-8-13)24-11-3-4-14(12-24)23-17-6-2-1-5-16(17)22/h7-10,14,16-17,23H,1-6,11-12,22H2. The molecule has 134 valence electrons. The lowest BCUT2D eigenvalue weighted by atomic mass is 9.89. The Morgan fingerprint density at radius 1 is 1.00 bits per heavy atom. The minimum Gasteiger partial charge on any atom is -0.370 e. The first kappa shape index (κ1) is 17.5. The van der Waals surface area contributed by atoms with Crippen molar-refractivity contribution in [3.63, 3.8) is 0 Å². The van der Waals surface area contributed by atoms with Gasteiger partial charge in [-0.15, -0.1) is 0 Å². The Labute approximate surface area is 141 Å². The summed E-state index contributed by atoms with van der Waals surface area (Å²) < 4.78 is 38.1. The van der Waals surface area contributed by atoms with E-state index in [2.05, 4.69) is 10.2 Å². The minimum absolute atomic E-state index is 0.222. The Morgan fingerprint density at radius 3 is 2.38 bits per heavy atom. The van der Waals surface area contributed by atoms with E-state index in [4.69, 9.17) is 5.73 Å². The van der Waals surface area contributed by atoms with Crippen molar-refractivity contribution in [1.29, 1.82) is 0 Å². The average Bonchev–Trinajstić information content (AvgIpc) is 2.57. The number of nitrogens with one attached hydrogen (secondary N) is 1. The fourth-order valence-corrected chi connectivity index (χ4v) is 3.88. The zero-order valence-electron chi connectivity index (χ0n) is 13.9. The minimum atomic E-state index is -4.28. The van der Waals surface area contributed by atoms with Crippen LogP contribution in [-0.2, 0) is 6.18 Å². The van der Waals surface area contributed by atoms with Crippen LogP contribution in [0.1, 0.15) is 44.1 Å². The molecule has 3 nitrogen and oxygen atoms in total. The average molecular weight is 341 g/mol. The fraction of sp³-hybridized carbons (Fsp3) is 0.667. The molecule has 3 rings (SSSR count). The van der Waals surface area contributed by atoms with Gasteiger partial charge in [0.25, 0.3) is 0 Å². The van der Waals surface area contributed by atoms with E-state index in [0.717, 1.165) is 44.5 Å². The second-order valence-corrected chi connectivity index (χ2v) is 7.05. The van der Waals surface area contributed by atoms with Crippen LogP contribution in [0.3, 0.4) is 0 Å². The van der Waals surface area contributed by atoms with Gasteiger partial charge in [-0.25, -0.2) is 0 Å². The zero-order valence-corrected chi connectivity index (χ0v) is 13.9. The van der Waals surface area contributed by atoms with Crippen molar-refractivity contribution in [3.05, 3.63) is 29.8 Å². The van der Waals surface area contributed by atoms with E-state index in [1.54, 1.807) is 12.1 Å². The molecule has 2 aliphatic rings. The van der Waals surface area contributed by atoms with Crippen LogP contribution in [0.5, 0.6) is 0 Å². The van der Waals surface area contributed by atoms with Gasteiger partial charge in [-0.1, -0.05) is 12.8 Å². The molecule has 0 aromatic heterocycles. The third-order valence-electron chi connectivity index (χ3n) is 5.25. The van der Waals surface area contributed by atoms with Gasteiger partial charge in [0.15, 0.2) is 0 Å². The highest BCUT2D eigenvalue weighted by Gasteiger charge is 2.31. The van der Waals surface area contributed by atoms with Crippen LogP contribution < -0.4 is 16.0 Å². The van der Waals surface area contributed by atoms with E-state index in [0.29, 0.717) is 12.1 Å². The second-order valence-electron chi connectivity index (χ2n) is 7.05. The Bertz CT molecular complexity index is 529. The number of hydrogen-bond donors (Lipinski definition) is 2. The molecule has 1 aliphatic heterocycles. The normalized spacial score (nSPS) is 28.8. The molecule has 0 bridgehead atoms. The van der Waals surface area contributed by atoms with E-state index in [1.165, 1.54) is 25.0 Å². The SMILES string of the molecule is NC1CCCCC1NC1CCCN(c2ccc(C(F)(F)F)cc2)C1. The van der Waals surface area contributed by atoms with Crippen molar-refractivity contribution >= 4 is 5.69 Å². The predicted octanol–water partition coefficient (Wildman–Crippen LogP) is 3.53. The van der Waals surface area contributed by atoms with Crippen molar-refractivity contribution in [2.24, 2.45) is 5.73 Å². The van der Waals surface area contributed by atoms with Crippen LogP contribution in [0.15, 0.2) is 24.3 Å². The van der Waals surface area contributed by atoms with Crippen LogP contribution in [0.4, 0.5) is 18.9 Å². The molecule has 1 aliphatic carbocycles. The van der Waals surface area contributed by atoms with Gasteiger partial charge in [0.1, 0.15) is 0 Å². The quantitative estimate of drug-likeness (QED) is 0.884. The summed E-state index contributed by atoms with van der Waals surface area (Å²) in [5, 5.41) is 3.70. The molecule has 1 saturated carbocycles. The van der Waals surface area contributed by atoms with Crippen molar-refractivity contribution in [2.45, 2.75) is 62.8 Å². The zero-order chi connectivity index (χ0) is 17.2. The van der Waals surface area contributed by atoms with Crippen molar-refractivity contribution in [2.75, 3.05) is 18.0 Å². The number of anilines is 1. The van der Waals surface area contributed by atoms with E-state index in [-0.39, 0.29) is 6.04 Å². The number of nitrogens with zero attached hydrogens (tertiary/aromatic N) is 1. The molecular formula is C18H26F3N3. The van der Waals surface area contributed by atoms with E-state index in [9.17, 15) is 13.2 Å². The molecule has 6 heteroatoms. The topological polar surface area (TPSA) is 41.3 Å². The van der Waals surface area contributed by atoms with E-state index in [1.807, 2.05) is 0 Å². The summed E-state index contributed by atoms with van der Waals surface area (Å²) in [6.45, 7) is 1.72. The molecule has 1 aromatic carbocycles. The smallest absolute Gasteiger partial charge is 0.370 e. The molecule has 3 N–H and O–H groups in total. The summed E-state index contributed by atoms with van der Waals surface area (Å²) in [6.07, 6.45) is 2.50. The van der Waals surface area contributed by atoms with Crippen LogP contribution in [0.2, 0.25) is 0 Å². The Kier molecular flexibility index (Phi) is 5.35. The molecule has 1 heterocycles. The van der Waals surface area contributed by atoms with Gasteiger partial charge in [0.05, 0.1) is 5.56 Å². The van der Waals surface area contributed by atoms with Gasteiger partial charge in [-0.3, -0.25) is 0 Å². The summed E-state index contributed by atoms with van der Waals surface area (Å²) in [5.74, 6) is 0. The van der Waals surface area contributed by atoms with Gasteiger partial charge < -0.3 is 16.0 Å². The van der Waals surface area contributed by atoms with Crippen molar-refractivity contribution < 1.29 is 13.2 Å². The van der Waals surface area contributed by atoms with Crippen LogP contribution >= 0.6 is 0 Å². The summed E-state index contributed by atoms with van der Waals surface area (Å²) in [5.41, 5.74) is 6.49. The molecule has 0 spiro atoms. The first-order valence-electron chi connectivity index (χ1n) is 8.87. The summed E-state index contributed by atoms with van der Waals surface area (Å²) in [4.78, 5) is 2.18. The monoisotopic (exact) mass is 341 g/mol. The first-order chi connectivity index (χ1) is 11.4. The number of piperidine rings is 1. The number of alkyl halides is 3. The highest BCUT2D eigenvalue weighted by Crippen LogP contribution is 2.31. The van der Waals surface area contributed by atoms with Gasteiger partial charge in [0, 0.05) is 36.9 Å². The third kappa shape index (κ3) is 4.22. The number of benzene rings is 1. The maximum absolute atomic E-state index is 12.7. The number of halogens is 3. The maximum Gasteiger partial charge on any atom is 0.416 e. The van der Waals surface area contributed by atoms with Crippen LogP contribution in [0.25, 0.3) is 0 Å². The third-order valence-corrected chi connectivity index (χ3v) is 5.25. The molecule has 0 amide bonds. The number of rotatable bonds is 3. The molecule has 2 fully saturated rings. The second kappa shape index (κ2) is 7.31. The Morgan fingerprint density at radius 2 is 1.71 bits per heavy atom. The molecule has 1 saturated heterocycles. The number of hydrogen-bond acceptors (Lipinski definition) is 3. The van der Waals surface area contributed by atoms with Crippen molar-refractivity contribution in [1.82, 2.24) is 5.32 Å². The summed E-state index contributed by atoms with van der Waals surface area (Å²) >= 11 is 0. The van der Waals surface area contributed by atoms with Crippen LogP contribution in [0, 0.1) is 0 Å². The molecule has 24 heavy (non-hydrogen) atoms. The predicted molar refractivity (Wildman–Crippen MR) is 90.0 cm³/mol. The maximum atomic E-state index is 12.7. The Balaban J connectivity index is 1.60. The summed E-state index contributed by atoms with van der Waals surface area (Å²) in [7, 11) is 0. The Hall–Kier alpha value is -1.27. The molecule has 3 atom stereocenters. The lowest BCUT2D eigenvalue weighted by molar-refractivity contribution is -0.137. The van der Waals surface area contributed by atoms with Gasteiger partial charge >= 0.3 is 6.18 Å². The van der Waals surface area contributed by atoms with Crippen molar-refractivity contribution in [3.8, 4) is 0 Å². The lowest BCUT2D eigenvalue weighted by Crippen LogP contribution is -2.55. The molecule has 0 radical (unpaired) electrons. The summed E-state index contributed by atoms with van der Waals surface area (Å²) in [6, 6.07) is 6.45. The highest BCUT2D eigenvalue weighted by atomic mass is 19.4. The highest BCUT2D eigenvalue weighted by molar-refractivity contribution is 5.48. The molecular weight excluding hydrogens is 315 g/mol. The van der Waals surface area contributed by atoms with Gasteiger partial charge in [-0.05, 0) is 49.9 Å². The lowest BCUT2D eigenvalue weighted by Gasteiger charge is -2.39. The number of nitrogens with two attached hydrogens (primary N) is 1.